The zero-order valence-corrected chi connectivity index (χ0v) is 16.6. The van der Waals surface area contributed by atoms with Crippen LogP contribution in [-0.4, -0.2) is 52.9 Å². The molecule has 8 nitrogen and oxygen atoms in total. The van der Waals surface area contributed by atoms with Gasteiger partial charge in [-0.05, 0) is 30.7 Å². The van der Waals surface area contributed by atoms with E-state index in [0.717, 1.165) is 5.56 Å². The Morgan fingerprint density at radius 3 is 2.21 bits per heavy atom. The van der Waals surface area contributed by atoms with Gasteiger partial charge in [-0.2, -0.15) is 0 Å². The van der Waals surface area contributed by atoms with Gasteiger partial charge in [0.2, 0.25) is 5.91 Å². The molecule has 0 aliphatic heterocycles. The van der Waals surface area contributed by atoms with Crippen molar-refractivity contribution in [2.45, 2.75) is 58.2 Å². The van der Waals surface area contributed by atoms with Gasteiger partial charge < -0.3 is 26.2 Å². The Hall–Kier alpha value is -2.61. The number of nitrogens with one attached hydrogen (secondary N) is 3. The molecule has 0 saturated carbocycles. The van der Waals surface area contributed by atoms with Crippen LogP contribution < -0.4 is 16.0 Å². The molecule has 1 aromatic rings. The Labute approximate surface area is 165 Å². The topological polar surface area (TPSA) is 128 Å². The molecule has 0 aromatic heterocycles. The van der Waals surface area contributed by atoms with E-state index in [1.165, 1.54) is 0 Å². The van der Waals surface area contributed by atoms with Gasteiger partial charge >= 0.3 is 6.09 Å². The van der Waals surface area contributed by atoms with E-state index in [2.05, 4.69) is 16.0 Å². The molecule has 1 rings (SSSR count). The van der Waals surface area contributed by atoms with Crippen LogP contribution in [0.1, 0.15) is 39.2 Å². The molecule has 156 valence electrons. The number of amides is 3. The second kappa shape index (κ2) is 12.0. The van der Waals surface area contributed by atoms with Crippen molar-refractivity contribution in [2.75, 3.05) is 6.54 Å². The zero-order chi connectivity index (χ0) is 21.1. The molecule has 5 N–H and O–H groups in total. The molecule has 0 radical (unpaired) electrons. The fourth-order valence-electron chi connectivity index (χ4n) is 2.78. The highest BCUT2D eigenvalue weighted by Crippen LogP contribution is 2.10. The van der Waals surface area contributed by atoms with Crippen LogP contribution in [0.2, 0.25) is 0 Å². The minimum atomic E-state index is -1.46. The average Bonchev–Trinajstić information content (AvgIpc) is 2.64. The summed E-state index contributed by atoms with van der Waals surface area (Å²) in [7, 11) is 0. The van der Waals surface area contributed by atoms with Gasteiger partial charge in [0.05, 0.1) is 6.04 Å². The lowest BCUT2D eigenvalue weighted by Crippen LogP contribution is -2.56. The number of rotatable bonds is 11. The SMILES string of the molecule is CCCNC(=O)C(O)[C@H](Cc1ccccc1)NC(=O)[C@H](CC(C)C)NC(=O)O. The highest BCUT2D eigenvalue weighted by Gasteiger charge is 2.31. The predicted octanol–water partition coefficient (Wildman–Crippen LogP) is 1.28. The Morgan fingerprint density at radius 2 is 1.68 bits per heavy atom. The summed E-state index contributed by atoms with van der Waals surface area (Å²) in [6.45, 7) is 6.05. The summed E-state index contributed by atoms with van der Waals surface area (Å²) in [6.07, 6.45) is -1.52. The van der Waals surface area contributed by atoms with Crippen molar-refractivity contribution in [3.05, 3.63) is 35.9 Å². The van der Waals surface area contributed by atoms with Crippen LogP contribution in [0.15, 0.2) is 30.3 Å². The van der Waals surface area contributed by atoms with Crippen molar-refractivity contribution in [1.29, 1.82) is 0 Å². The number of carbonyl (C=O) groups excluding carboxylic acids is 2. The van der Waals surface area contributed by atoms with Gasteiger partial charge in [0.25, 0.3) is 5.91 Å². The maximum atomic E-state index is 12.7. The molecule has 28 heavy (non-hydrogen) atoms. The van der Waals surface area contributed by atoms with Gasteiger partial charge in [0.1, 0.15) is 6.04 Å². The monoisotopic (exact) mass is 393 g/mol. The zero-order valence-electron chi connectivity index (χ0n) is 16.6. The van der Waals surface area contributed by atoms with Gasteiger partial charge in [0.15, 0.2) is 6.10 Å². The number of aliphatic hydroxyl groups excluding tert-OH is 1. The largest absolute Gasteiger partial charge is 0.465 e. The van der Waals surface area contributed by atoms with Gasteiger partial charge in [0, 0.05) is 6.54 Å². The van der Waals surface area contributed by atoms with E-state index in [9.17, 15) is 19.5 Å². The van der Waals surface area contributed by atoms with Crippen LogP contribution in [0, 0.1) is 5.92 Å². The molecule has 3 amide bonds. The lowest BCUT2D eigenvalue weighted by molar-refractivity contribution is -0.132. The molecule has 0 saturated heterocycles. The highest BCUT2D eigenvalue weighted by atomic mass is 16.4. The van der Waals surface area contributed by atoms with Crippen molar-refractivity contribution >= 4 is 17.9 Å². The summed E-state index contributed by atoms with van der Waals surface area (Å²) in [4.78, 5) is 35.9. The van der Waals surface area contributed by atoms with E-state index in [1.807, 2.05) is 51.1 Å². The minimum absolute atomic E-state index is 0.0768. The second-order valence-corrected chi connectivity index (χ2v) is 7.17. The first-order valence-electron chi connectivity index (χ1n) is 9.54. The fourth-order valence-corrected chi connectivity index (χ4v) is 2.78. The van der Waals surface area contributed by atoms with Crippen molar-refractivity contribution in [1.82, 2.24) is 16.0 Å². The summed E-state index contributed by atoms with van der Waals surface area (Å²) >= 11 is 0. The number of carboxylic acid groups (broad SMARTS) is 1. The lowest BCUT2D eigenvalue weighted by Gasteiger charge is -2.27. The van der Waals surface area contributed by atoms with Crippen molar-refractivity contribution in [3.8, 4) is 0 Å². The molecule has 0 aliphatic rings. The second-order valence-electron chi connectivity index (χ2n) is 7.17. The maximum absolute atomic E-state index is 12.7. The fraction of sp³-hybridized carbons (Fsp3) is 0.550. The van der Waals surface area contributed by atoms with Gasteiger partial charge in [-0.15, -0.1) is 0 Å². The van der Waals surface area contributed by atoms with Crippen molar-refractivity contribution < 1.29 is 24.6 Å². The van der Waals surface area contributed by atoms with E-state index >= 15 is 0 Å². The number of hydrogen-bond donors (Lipinski definition) is 5. The average molecular weight is 393 g/mol. The molecule has 0 aliphatic carbocycles. The third kappa shape index (κ3) is 8.39. The molecule has 1 unspecified atom stereocenters. The molecule has 8 heteroatoms. The molecule has 0 bridgehead atoms. The summed E-state index contributed by atoms with van der Waals surface area (Å²) in [5.74, 6) is -1.07. The van der Waals surface area contributed by atoms with E-state index in [0.29, 0.717) is 19.4 Å². The third-order valence-corrected chi connectivity index (χ3v) is 4.15. The Bertz CT molecular complexity index is 636. The normalized spacial score (nSPS) is 14.0. The lowest BCUT2D eigenvalue weighted by atomic mass is 9.98. The van der Waals surface area contributed by atoms with Crippen LogP contribution in [0.5, 0.6) is 0 Å². The molecule has 3 atom stereocenters. The van der Waals surface area contributed by atoms with Crippen molar-refractivity contribution in [3.63, 3.8) is 0 Å². The molecular weight excluding hydrogens is 362 g/mol. The summed E-state index contributed by atoms with van der Waals surface area (Å²) in [5, 5.41) is 27.0. The van der Waals surface area contributed by atoms with E-state index < -0.39 is 36.1 Å². The van der Waals surface area contributed by atoms with Gasteiger partial charge in [-0.3, -0.25) is 9.59 Å². The summed E-state index contributed by atoms with van der Waals surface area (Å²) in [6, 6.07) is 7.29. The number of carbonyl (C=O) groups is 3. The first kappa shape index (κ1) is 23.4. The Balaban J connectivity index is 2.96. The van der Waals surface area contributed by atoms with Gasteiger partial charge in [-0.25, -0.2) is 4.79 Å². The summed E-state index contributed by atoms with van der Waals surface area (Å²) < 4.78 is 0. The maximum Gasteiger partial charge on any atom is 0.405 e. The van der Waals surface area contributed by atoms with Crippen LogP contribution >= 0.6 is 0 Å². The molecular formula is C20H31N3O5. The quantitative estimate of drug-likeness (QED) is 0.387. The smallest absolute Gasteiger partial charge is 0.405 e. The first-order chi connectivity index (χ1) is 13.2. The van der Waals surface area contributed by atoms with Gasteiger partial charge in [-0.1, -0.05) is 51.1 Å². The van der Waals surface area contributed by atoms with Crippen LogP contribution in [0.4, 0.5) is 4.79 Å². The predicted molar refractivity (Wildman–Crippen MR) is 106 cm³/mol. The Kier molecular flexibility index (Phi) is 10.0. The van der Waals surface area contributed by atoms with E-state index in [-0.39, 0.29) is 12.3 Å². The van der Waals surface area contributed by atoms with Crippen molar-refractivity contribution in [2.24, 2.45) is 5.92 Å². The molecule has 1 aromatic carbocycles. The Morgan fingerprint density at radius 1 is 1.04 bits per heavy atom. The van der Waals surface area contributed by atoms with Crippen LogP contribution in [0.25, 0.3) is 0 Å². The number of benzene rings is 1. The van der Waals surface area contributed by atoms with Crippen LogP contribution in [-0.2, 0) is 16.0 Å². The molecule has 0 heterocycles. The highest BCUT2D eigenvalue weighted by molar-refractivity contribution is 5.87. The number of hydrogen-bond acceptors (Lipinski definition) is 4. The standard InChI is InChI=1S/C20H31N3O5/c1-4-10-21-19(26)17(24)15(12-14-8-6-5-7-9-14)22-18(25)16(11-13(2)3)23-20(27)28/h5-9,13,15-17,23-24H,4,10-12H2,1-3H3,(H,21,26)(H,22,25)(H,27,28)/t15-,16-,17?/m0/s1. The van der Waals surface area contributed by atoms with E-state index in [4.69, 9.17) is 5.11 Å². The van der Waals surface area contributed by atoms with E-state index in [1.54, 1.807) is 0 Å². The number of aliphatic hydroxyl groups is 1. The summed E-state index contributed by atoms with van der Waals surface area (Å²) in [5.41, 5.74) is 0.835. The molecule has 0 spiro atoms. The first-order valence-corrected chi connectivity index (χ1v) is 9.54. The van der Waals surface area contributed by atoms with Crippen LogP contribution in [0.3, 0.4) is 0 Å². The third-order valence-electron chi connectivity index (χ3n) is 4.15. The minimum Gasteiger partial charge on any atom is -0.465 e. The molecule has 0 fully saturated rings.